The molecule has 48 heavy (non-hydrogen) atoms. The Balaban J connectivity index is 1.75. The Morgan fingerprint density at radius 2 is 1.81 bits per heavy atom. The first-order valence-electron chi connectivity index (χ1n) is 16.4. The van der Waals surface area contributed by atoms with E-state index in [0.29, 0.717) is 49.5 Å². The van der Waals surface area contributed by atoms with Crippen molar-refractivity contribution in [3.8, 4) is 17.3 Å². The zero-order chi connectivity index (χ0) is 35.5. The Kier molecular flexibility index (Phi) is 13.1. The molecule has 260 valence electrons. The second kappa shape index (κ2) is 16.6. The Labute approximate surface area is 285 Å². The number of rotatable bonds is 17. The molecule has 1 amide bonds. The highest BCUT2D eigenvalue weighted by atomic mass is 16.6. The van der Waals surface area contributed by atoms with Gasteiger partial charge >= 0.3 is 6.09 Å². The maximum atomic E-state index is 12.3. The van der Waals surface area contributed by atoms with Crippen LogP contribution in [-0.4, -0.2) is 68.6 Å². The highest BCUT2D eigenvalue weighted by molar-refractivity contribution is 6.09. The van der Waals surface area contributed by atoms with E-state index in [9.17, 15) is 10.1 Å². The van der Waals surface area contributed by atoms with Gasteiger partial charge in [-0.1, -0.05) is 12.1 Å². The van der Waals surface area contributed by atoms with Crippen molar-refractivity contribution in [1.82, 2.24) is 35.3 Å². The van der Waals surface area contributed by atoms with Gasteiger partial charge in [-0.2, -0.15) is 10.4 Å². The fourth-order valence-electron chi connectivity index (χ4n) is 5.13. The third-order valence-electron chi connectivity index (χ3n) is 7.69. The Morgan fingerprint density at radius 1 is 1.10 bits per heavy atom. The van der Waals surface area contributed by atoms with Crippen molar-refractivity contribution in [2.24, 2.45) is 7.05 Å². The molecule has 0 unspecified atom stereocenters. The minimum atomic E-state index is -0.555. The number of allylic oxidation sites excluding steroid dienone is 1. The molecule has 0 saturated carbocycles. The van der Waals surface area contributed by atoms with E-state index in [4.69, 9.17) is 19.9 Å². The van der Waals surface area contributed by atoms with Gasteiger partial charge in [-0.05, 0) is 92.0 Å². The maximum Gasteiger partial charge on any atom is 0.408 e. The first-order valence-corrected chi connectivity index (χ1v) is 16.4. The maximum absolute atomic E-state index is 12.3. The van der Waals surface area contributed by atoms with E-state index in [1.165, 1.54) is 6.21 Å². The van der Waals surface area contributed by atoms with E-state index >= 15 is 0 Å². The van der Waals surface area contributed by atoms with E-state index in [1.807, 2.05) is 66.2 Å². The van der Waals surface area contributed by atoms with E-state index in [2.05, 4.69) is 45.5 Å². The number of alkyl carbamates (subject to hydrolysis) is 1. The summed E-state index contributed by atoms with van der Waals surface area (Å²) in [5.74, 6) is 0.839. The first-order chi connectivity index (χ1) is 22.6. The van der Waals surface area contributed by atoms with Gasteiger partial charge in [0.15, 0.2) is 0 Å². The third kappa shape index (κ3) is 11.6. The normalized spacial score (nSPS) is 12.5. The molecule has 12 nitrogen and oxygen atoms in total. The van der Waals surface area contributed by atoms with E-state index in [-0.39, 0.29) is 0 Å². The molecule has 3 rings (SSSR count). The molecule has 0 atom stereocenters. The van der Waals surface area contributed by atoms with Crippen LogP contribution in [0.4, 0.5) is 4.79 Å². The van der Waals surface area contributed by atoms with Crippen LogP contribution >= 0.6 is 0 Å². The van der Waals surface area contributed by atoms with Gasteiger partial charge in [0.1, 0.15) is 11.4 Å². The molecule has 0 radical (unpaired) electrons. The molecular weight excluding hydrogens is 606 g/mol. The van der Waals surface area contributed by atoms with Gasteiger partial charge in [0, 0.05) is 62.5 Å². The standard InChI is InChI=1S/C36H53N9O3/c1-34(2,3)48-33(46)43-35(4,5)16-19-47-36(6,7)15-17-40-24-30-42-31(29(21-38)23-39-8)32(28-12-10-26(20-37)11-13-28)45(30)18-14-27-22-41-44(9)25-27/h10-13,21-23,25,38-40H,14-19,24H2,1-9H3,(H,43,46)/b29-23+,38-21?. The van der Waals surface area contributed by atoms with Gasteiger partial charge in [0.05, 0.1) is 41.4 Å². The zero-order valence-corrected chi connectivity index (χ0v) is 30.0. The van der Waals surface area contributed by atoms with Crippen LogP contribution in [0.2, 0.25) is 0 Å². The van der Waals surface area contributed by atoms with Crippen LogP contribution in [0.15, 0.2) is 42.9 Å². The first kappa shape index (κ1) is 38.0. The molecule has 0 spiro atoms. The average Bonchev–Trinajstić information content (AvgIpc) is 3.58. The Hall–Kier alpha value is -4.47. The Morgan fingerprint density at radius 3 is 2.40 bits per heavy atom. The zero-order valence-electron chi connectivity index (χ0n) is 30.0. The molecule has 4 N–H and O–H groups in total. The highest BCUT2D eigenvalue weighted by Crippen LogP contribution is 2.30. The summed E-state index contributed by atoms with van der Waals surface area (Å²) in [6.45, 7) is 15.9. The lowest BCUT2D eigenvalue weighted by Gasteiger charge is -2.31. The molecule has 0 aliphatic rings. The minimum absolute atomic E-state index is 0.396. The summed E-state index contributed by atoms with van der Waals surface area (Å²) < 4.78 is 15.7. The summed E-state index contributed by atoms with van der Waals surface area (Å²) in [7, 11) is 3.71. The van der Waals surface area contributed by atoms with Gasteiger partial charge in [-0.3, -0.25) is 4.68 Å². The monoisotopic (exact) mass is 659 g/mol. The van der Waals surface area contributed by atoms with Crippen LogP contribution in [-0.2, 0) is 36.0 Å². The number of nitrogens with zero attached hydrogens (tertiary/aromatic N) is 5. The Bertz CT molecular complexity index is 1590. The van der Waals surface area contributed by atoms with Crippen LogP contribution < -0.4 is 16.0 Å². The van der Waals surface area contributed by atoms with Gasteiger partial charge in [-0.15, -0.1) is 0 Å². The van der Waals surface area contributed by atoms with Crippen LogP contribution in [0.1, 0.15) is 84.0 Å². The number of benzene rings is 1. The van der Waals surface area contributed by atoms with Crippen molar-refractivity contribution in [3.05, 3.63) is 65.5 Å². The fraction of sp³-hybridized carbons (Fsp3) is 0.528. The molecule has 0 aliphatic heterocycles. The lowest BCUT2D eigenvalue weighted by molar-refractivity contribution is -0.0308. The predicted octanol–water partition coefficient (Wildman–Crippen LogP) is 5.58. The second-order valence-corrected chi connectivity index (χ2v) is 14.2. The molecular formula is C36H53N9O3. The smallest absolute Gasteiger partial charge is 0.408 e. The number of ether oxygens (including phenoxy) is 2. The van der Waals surface area contributed by atoms with E-state index < -0.39 is 22.8 Å². The number of hydrogen-bond acceptors (Lipinski definition) is 9. The molecule has 0 bridgehead atoms. The molecule has 0 fully saturated rings. The summed E-state index contributed by atoms with van der Waals surface area (Å²) >= 11 is 0. The van der Waals surface area contributed by atoms with Crippen LogP contribution in [0.5, 0.6) is 0 Å². The summed E-state index contributed by atoms with van der Waals surface area (Å²) in [5, 5.41) is 31.4. The molecule has 0 aliphatic carbocycles. The van der Waals surface area contributed by atoms with Crippen LogP contribution in [0, 0.1) is 16.7 Å². The number of hydrogen-bond donors (Lipinski definition) is 4. The average molecular weight is 660 g/mol. The quantitative estimate of drug-likeness (QED) is 0.108. The number of carbonyl (C=O) groups is 1. The summed E-state index contributed by atoms with van der Waals surface area (Å²) in [4.78, 5) is 17.3. The molecule has 3 aromatic rings. The fourth-order valence-corrected chi connectivity index (χ4v) is 5.13. The van der Waals surface area contributed by atoms with Gasteiger partial charge in [-0.25, -0.2) is 9.78 Å². The molecule has 0 saturated heterocycles. The largest absolute Gasteiger partial charge is 0.444 e. The van der Waals surface area contributed by atoms with Crippen molar-refractivity contribution in [2.75, 3.05) is 20.2 Å². The number of aryl methyl sites for hydroxylation is 2. The van der Waals surface area contributed by atoms with Crippen LogP contribution in [0.3, 0.4) is 0 Å². The lowest BCUT2D eigenvalue weighted by atomic mass is 10.0. The number of aromatic nitrogens is 4. The van der Waals surface area contributed by atoms with Gasteiger partial charge in [0.2, 0.25) is 0 Å². The van der Waals surface area contributed by atoms with E-state index in [1.54, 1.807) is 30.1 Å². The number of imidazole rings is 1. The molecule has 1 aromatic carbocycles. The van der Waals surface area contributed by atoms with Crippen molar-refractivity contribution in [2.45, 2.75) is 97.6 Å². The van der Waals surface area contributed by atoms with Crippen LogP contribution in [0.25, 0.3) is 16.8 Å². The van der Waals surface area contributed by atoms with Crippen molar-refractivity contribution < 1.29 is 14.3 Å². The van der Waals surface area contributed by atoms with Crippen molar-refractivity contribution >= 4 is 17.9 Å². The highest BCUT2D eigenvalue weighted by Gasteiger charge is 2.27. The summed E-state index contributed by atoms with van der Waals surface area (Å²) in [5.41, 5.74) is 3.40. The molecule has 12 heteroatoms. The van der Waals surface area contributed by atoms with E-state index in [0.717, 1.165) is 35.5 Å². The van der Waals surface area contributed by atoms with Gasteiger partial charge in [0.25, 0.3) is 0 Å². The summed E-state index contributed by atoms with van der Waals surface area (Å²) in [6, 6.07) is 9.67. The SMILES string of the molecule is CN/C=C(\C=N)c1nc(CNCCC(C)(C)OCCC(C)(C)NC(=O)OC(C)(C)C)n(CCc2cnn(C)c2)c1-c1ccc(C#N)cc1. The number of nitriles is 1. The second-order valence-electron chi connectivity index (χ2n) is 14.2. The third-order valence-corrected chi connectivity index (χ3v) is 7.69. The van der Waals surface area contributed by atoms with Crippen molar-refractivity contribution in [1.29, 1.82) is 10.7 Å². The predicted molar refractivity (Wildman–Crippen MR) is 190 cm³/mol. The number of nitrogens with one attached hydrogen (secondary N) is 4. The number of amides is 1. The summed E-state index contributed by atoms with van der Waals surface area (Å²) in [6.07, 6.45) is 8.66. The van der Waals surface area contributed by atoms with Gasteiger partial charge < -0.3 is 35.4 Å². The molecule has 2 heterocycles. The molecule has 2 aromatic heterocycles. The number of carbonyl (C=O) groups excluding carboxylic acids is 1. The lowest BCUT2D eigenvalue weighted by Crippen LogP contribution is -2.46. The minimum Gasteiger partial charge on any atom is -0.444 e. The van der Waals surface area contributed by atoms with Crippen molar-refractivity contribution in [3.63, 3.8) is 0 Å². The topological polar surface area (TPSA) is 155 Å².